The quantitative estimate of drug-likeness (QED) is 0.486. The second-order valence-corrected chi connectivity index (χ2v) is 7.43. The van der Waals surface area contributed by atoms with Gasteiger partial charge in [0.2, 0.25) is 5.13 Å². The SMILES string of the molecule is CCOc1ccccc1-c1nnc(NC(=O)c2cc3cccc(OC)c3nc2C)s1. The maximum absolute atomic E-state index is 12.9. The van der Waals surface area contributed by atoms with Crippen molar-refractivity contribution in [1.82, 2.24) is 15.2 Å². The van der Waals surface area contributed by atoms with Crippen LogP contribution in [0.3, 0.4) is 0 Å². The van der Waals surface area contributed by atoms with Crippen LogP contribution in [0.5, 0.6) is 11.5 Å². The number of hydrogen-bond donors (Lipinski definition) is 1. The van der Waals surface area contributed by atoms with Gasteiger partial charge in [0.15, 0.2) is 5.01 Å². The molecule has 30 heavy (non-hydrogen) atoms. The Balaban J connectivity index is 1.61. The second kappa shape index (κ2) is 8.46. The molecule has 4 rings (SSSR count). The standard InChI is InChI=1S/C22H20N4O3S/c1-4-29-17-10-6-5-9-15(17)21-25-26-22(30-21)24-20(27)16-12-14-8-7-11-18(28-3)19(14)23-13(16)2/h5-12H,4H2,1-3H3,(H,24,26,27). The highest BCUT2D eigenvalue weighted by Crippen LogP contribution is 2.34. The Kier molecular flexibility index (Phi) is 5.58. The summed E-state index contributed by atoms with van der Waals surface area (Å²) in [6, 6.07) is 15.0. The van der Waals surface area contributed by atoms with Gasteiger partial charge in [0.05, 0.1) is 30.5 Å². The third-order valence-corrected chi connectivity index (χ3v) is 5.40. The Hall–Kier alpha value is -3.52. The molecule has 1 amide bonds. The first-order valence-corrected chi connectivity index (χ1v) is 10.2. The van der Waals surface area contributed by atoms with Crippen LogP contribution in [0.2, 0.25) is 0 Å². The van der Waals surface area contributed by atoms with Crippen molar-refractivity contribution in [2.24, 2.45) is 0 Å². The van der Waals surface area contributed by atoms with E-state index in [1.165, 1.54) is 11.3 Å². The molecular weight excluding hydrogens is 400 g/mol. The number of fused-ring (bicyclic) bond motifs is 1. The molecule has 2 aromatic carbocycles. The smallest absolute Gasteiger partial charge is 0.259 e. The van der Waals surface area contributed by atoms with Gasteiger partial charge >= 0.3 is 0 Å². The molecule has 0 bridgehead atoms. The molecule has 0 aliphatic heterocycles. The van der Waals surface area contributed by atoms with E-state index in [-0.39, 0.29) is 5.91 Å². The lowest BCUT2D eigenvalue weighted by Gasteiger charge is -2.09. The number of benzene rings is 2. The van der Waals surface area contributed by atoms with E-state index in [1.807, 2.05) is 55.5 Å². The number of nitrogens with zero attached hydrogens (tertiary/aromatic N) is 3. The van der Waals surface area contributed by atoms with E-state index in [9.17, 15) is 4.79 Å². The van der Waals surface area contributed by atoms with Crippen molar-refractivity contribution in [3.8, 4) is 22.1 Å². The molecule has 2 heterocycles. The molecule has 4 aromatic rings. The van der Waals surface area contributed by atoms with Crippen LogP contribution < -0.4 is 14.8 Å². The third kappa shape index (κ3) is 3.81. The summed E-state index contributed by atoms with van der Waals surface area (Å²) in [4.78, 5) is 17.4. The van der Waals surface area contributed by atoms with Crippen molar-refractivity contribution in [3.63, 3.8) is 0 Å². The van der Waals surface area contributed by atoms with Gasteiger partial charge in [0.25, 0.3) is 5.91 Å². The zero-order chi connectivity index (χ0) is 21.1. The molecule has 7 nitrogen and oxygen atoms in total. The first-order valence-electron chi connectivity index (χ1n) is 9.42. The number of aryl methyl sites for hydroxylation is 1. The molecule has 0 fully saturated rings. The van der Waals surface area contributed by atoms with E-state index >= 15 is 0 Å². The van der Waals surface area contributed by atoms with Crippen molar-refractivity contribution in [3.05, 3.63) is 59.8 Å². The Bertz CT molecular complexity index is 1220. The number of nitrogens with one attached hydrogen (secondary N) is 1. The molecule has 0 saturated carbocycles. The van der Waals surface area contributed by atoms with Gasteiger partial charge in [-0.15, -0.1) is 10.2 Å². The maximum Gasteiger partial charge on any atom is 0.259 e. The lowest BCUT2D eigenvalue weighted by atomic mass is 10.1. The number of anilines is 1. The fourth-order valence-corrected chi connectivity index (χ4v) is 3.90. The number of pyridine rings is 1. The molecule has 1 N–H and O–H groups in total. The van der Waals surface area contributed by atoms with Gasteiger partial charge in [-0.3, -0.25) is 10.1 Å². The van der Waals surface area contributed by atoms with Crippen LogP contribution in [0.15, 0.2) is 48.5 Å². The molecular formula is C22H20N4O3S. The maximum atomic E-state index is 12.9. The summed E-state index contributed by atoms with van der Waals surface area (Å²) in [5.41, 5.74) is 2.64. The number of carbonyl (C=O) groups is 1. The molecule has 0 aliphatic carbocycles. The van der Waals surface area contributed by atoms with Gasteiger partial charge in [0.1, 0.15) is 17.0 Å². The van der Waals surface area contributed by atoms with Crippen molar-refractivity contribution >= 4 is 33.3 Å². The van der Waals surface area contributed by atoms with Crippen molar-refractivity contribution in [2.75, 3.05) is 19.0 Å². The Morgan fingerprint density at radius 3 is 2.70 bits per heavy atom. The zero-order valence-corrected chi connectivity index (χ0v) is 17.6. The number of para-hydroxylation sites is 2. The molecule has 2 aromatic heterocycles. The molecule has 8 heteroatoms. The van der Waals surface area contributed by atoms with Crippen molar-refractivity contribution < 1.29 is 14.3 Å². The fraction of sp³-hybridized carbons (Fsp3) is 0.182. The molecule has 0 radical (unpaired) electrons. The minimum atomic E-state index is -0.287. The Labute approximate surface area is 177 Å². The summed E-state index contributed by atoms with van der Waals surface area (Å²) in [6.45, 7) is 4.28. The summed E-state index contributed by atoms with van der Waals surface area (Å²) in [6.07, 6.45) is 0. The monoisotopic (exact) mass is 420 g/mol. The first-order chi connectivity index (χ1) is 14.6. The highest BCUT2D eigenvalue weighted by Gasteiger charge is 2.17. The van der Waals surface area contributed by atoms with Gasteiger partial charge < -0.3 is 9.47 Å². The van der Waals surface area contributed by atoms with Crippen LogP contribution in [0, 0.1) is 6.92 Å². The zero-order valence-electron chi connectivity index (χ0n) is 16.8. The van der Waals surface area contributed by atoms with E-state index in [1.54, 1.807) is 14.0 Å². The third-order valence-electron chi connectivity index (χ3n) is 4.53. The summed E-state index contributed by atoms with van der Waals surface area (Å²) in [5, 5.41) is 13.1. The number of methoxy groups -OCH3 is 1. The van der Waals surface area contributed by atoms with Gasteiger partial charge in [0, 0.05) is 5.39 Å². The largest absolute Gasteiger partial charge is 0.494 e. The normalized spacial score (nSPS) is 10.8. The highest BCUT2D eigenvalue weighted by atomic mass is 32.1. The summed E-state index contributed by atoms with van der Waals surface area (Å²) in [5.74, 6) is 1.12. The predicted octanol–water partition coefficient (Wildman–Crippen LogP) is 4.72. The minimum absolute atomic E-state index is 0.287. The number of carbonyl (C=O) groups excluding carboxylic acids is 1. The van der Waals surface area contributed by atoms with Crippen molar-refractivity contribution in [1.29, 1.82) is 0 Å². The summed E-state index contributed by atoms with van der Waals surface area (Å²) in [7, 11) is 1.60. The minimum Gasteiger partial charge on any atom is -0.494 e. The van der Waals surface area contributed by atoms with E-state index in [0.717, 1.165) is 22.2 Å². The number of aromatic nitrogens is 3. The van der Waals surface area contributed by atoms with Gasteiger partial charge in [-0.05, 0) is 38.1 Å². The van der Waals surface area contributed by atoms with Gasteiger partial charge in [-0.1, -0.05) is 35.6 Å². The van der Waals surface area contributed by atoms with Crippen LogP contribution in [-0.2, 0) is 0 Å². The molecule has 0 unspecified atom stereocenters. The van der Waals surface area contributed by atoms with Crippen LogP contribution in [0.1, 0.15) is 23.0 Å². The van der Waals surface area contributed by atoms with E-state index in [4.69, 9.17) is 9.47 Å². The van der Waals surface area contributed by atoms with E-state index in [0.29, 0.717) is 33.8 Å². The first kappa shape index (κ1) is 19.8. The number of rotatable bonds is 6. The van der Waals surface area contributed by atoms with Crippen LogP contribution in [-0.4, -0.2) is 34.8 Å². The average Bonchev–Trinajstić information content (AvgIpc) is 3.21. The fourth-order valence-electron chi connectivity index (χ4n) is 3.13. The van der Waals surface area contributed by atoms with Gasteiger partial charge in [-0.25, -0.2) is 4.98 Å². The number of amides is 1. The van der Waals surface area contributed by atoms with Crippen LogP contribution in [0.4, 0.5) is 5.13 Å². The van der Waals surface area contributed by atoms with E-state index in [2.05, 4.69) is 20.5 Å². The molecule has 0 atom stereocenters. The summed E-state index contributed by atoms with van der Waals surface area (Å²) < 4.78 is 11.0. The Morgan fingerprint density at radius 1 is 1.10 bits per heavy atom. The molecule has 0 saturated heterocycles. The topological polar surface area (TPSA) is 86.2 Å². The lowest BCUT2D eigenvalue weighted by molar-refractivity contribution is 0.102. The predicted molar refractivity (Wildman–Crippen MR) is 117 cm³/mol. The van der Waals surface area contributed by atoms with Crippen LogP contribution >= 0.6 is 11.3 Å². The molecule has 0 spiro atoms. The lowest BCUT2D eigenvalue weighted by Crippen LogP contribution is -2.14. The highest BCUT2D eigenvalue weighted by molar-refractivity contribution is 7.18. The number of ether oxygens (including phenoxy) is 2. The van der Waals surface area contributed by atoms with Crippen molar-refractivity contribution in [2.45, 2.75) is 13.8 Å². The van der Waals surface area contributed by atoms with Crippen LogP contribution in [0.25, 0.3) is 21.5 Å². The Morgan fingerprint density at radius 2 is 1.90 bits per heavy atom. The second-order valence-electron chi connectivity index (χ2n) is 6.45. The summed E-state index contributed by atoms with van der Waals surface area (Å²) >= 11 is 1.29. The van der Waals surface area contributed by atoms with E-state index < -0.39 is 0 Å². The van der Waals surface area contributed by atoms with Gasteiger partial charge in [-0.2, -0.15) is 0 Å². The molecule has 0 aliphatic rings. The number of hydrogen-bond acceptors (Lipinski definition) is 7. The average molecular weight is 420 g/mol. The molecule has 152 valence electrons.